The zero-order valence-corrected chi connectivity index (χ0v) is 18.3. The average Bonchev–Trinajstić information content (AvgIpc) is 3.39. The van der Waals surface area contributed by atoms with E-state index in [0.717, 1.165) is 10.6 Å². The van der Waals surface area contributed by atoms with Crippen molar-refractivity contribution in [2.24, 2.45) is 0 Å². The van der Waals surface area contributed by atoms with Gasteiger partial charge in [-0.1, -0.05) is 41.0 Å². The molecule has 4 aromatic rings. The van der Waals surface area contributed by atoms with Crippen LogP contribution in [0.3, 0.4) is 0 Å². The monoisotopic (exact) mass is 478 g/mol. The molecule has 1 amide bonds. The number of benzene rings is 2. The lowest BCUT2D eigenvalue weighted by Gasteiger charge is -2.10. The van der Waals surface area contributed by atoms with Crippen molar-refractivity contribution < 1.29 is 9.18 Å². The summed E-state index contributed by atoms with van der Waals surface area (Å²) in [7, 11) is 0. The number of hydrogen-bond donors (Lipinski definition) is 1. The third kappa shape index (κ3) is 4.67. The molecule has 4 rings (SSSR count). The van der Waals surface area contributed by atoms with Crippen LogP contribution in [0.5, 0.6) is 0 Å². The highest BCUT2D eigenvalue weighted by Gasteiger charge is 2.18. The van der Waals surface area contributed by atoms with Gasteiger partial charge < -0.3 is 5.32 Å². The number of carbonyl (C=O) groups is 1. The molecule has 0 spiro atoms. The molecular weight excluding hydrogens is 466 g/mol. The SMILES string of the molecule is O=C(CSc1nnc(-c2cccs2)n1-c1ccc(Cl)cc1)Nc1ccc(F)c(Cl)c1. The van der Waals surface area contributed by atoms with Crippen molar-refractivity contribution in [3.8, 4) is 16.4 Å². The fraction of sp³-hybridized carbons (Fsp3) is 0.0500. The van der Waals surface area contributed by atoms with Gasteiger partial charge in [-0.2, -0.15) is 0 Å². The van der Waals surface area contributed by atoms with E-state index in [-0.39, 0.29) is 16.7 Å². The lowest BCUT2D eigenvalue weighted by Crippen LogP contribution is -2.14. The van der Waals surface area contributed by atoms with Gasteiger partial charge in [-0.15, -0.1) is 21.5 Å². The van der Waals surface area contributed by atoms with Crippen LogP contribution in [0, 0.1) is 5.82 Å². The van der Waals surface area contributed by atoms with Crippen molar-refractivity contribution in [2.45, 2.75) is 5.16 Å². The minimum absolute atomic E-state index is 0.0523. The predicted molar refractivity (Wildman–Crippen MR) is 120 cm³/mol. The molecule has 0 bridgehead atoms. The predicted octanol–water partition coefficient (Wildman–Crippen LogP) is 6.17. The van der Waals surface area contributed by atoms with Crippen LogP contribution in [0.2, 0.25) is 10.0 Å². The summed E-state index contributed by atoms with van der Waals surface area (Å²) in [5, 5.41) is 14.4. The van der Waals surface area contributed by atoms with Crippen LogP contribution in [0.4, 0.5) is 10.1 Å². The number of halogens is 3. The van der Waals surface area contributed by atoms with Gasteiger partial charge in [0.2, 0.25) is 5.91 Å². The summed E-state index contributed by atoms with van der Waals surface area (Å²) >= 11 is 14.6. The molecule has 0 unspecified atom stereocenters. The topological polar surface area (TPSA) is 59.8 Å². The Hall–Kier alpha value is -2.39. The summed E-state index contributed by atoms with van der Waals surface area (Å²) in [6.45, 7) is 0. The zero-order chi connectivity index (χ0) is 21.1. The molecular formula is C20H13Cl2FN4OS2. The number of thioether (sulfide) groups is 1. The third-order valence-electron chi connectivity index (χ3n) is 4.00. The van der Waals surface area contributed by atoms with E-state index in [1.54, 1.807) is 23.5 Å². The Bertz CT molecular complexity index is 1180. The van der Waals surface area contributed by atoms with E-state index in [2.05, 4.69) is 15.5 Å². The quantitative estimate of drug-likeness (QED) is 0.336. The summed E-state index contributed by atoms with van der Waals surface area (Å²) < 4.78 is 15.2. The molecule has 5 nitrogen and oxygen atoms in total. The molecule has 2 aromatic carbocycles. The molecule has 10 heteroatoms. The second-order valence-electron chi connectivity index (χ2n) is 6.06. The van der Waals surface area contributed by atoms with E-state index in [4.69, 9.17) is 23.2 Å². The number of hydrogen-bond acceptors (Lipinski definition) is 5. The lowest BCUT2D eigenvalue weighted by atomic mass is 10.3. The summed E-state index contributed by atoms with van der Waals surface area (Å²) in [6, 6.07) is 15.2. The Balaban J connectivity index is 1.55. The molecule has 1 N–H and O–H groups in total. The van der Waals surface area contributed by atoms with Crippen LogP contribution < -0.4 is 5.32 Å². The Kier molecular flexibility index (Phi) is 6.38. The smallest absolute Gasteiger partial charge is 0.234 e. The number of anilines is 1. The maximum absolute atomic E-state index is 13.3. The van der Waals surface area contributed by atoms with Gasteiger partial charge in [-0.3, -0.25) is 9.36 Å². The van der Waals surface area contributed by atoms with Crippen molar-refractivity contribution in [1.29, 1.82) is 0 Å². The summed E-state index contributed by atoms with van der Waals surface area (Å²) in [4.78, 5) is 13.3. The number of aromatic nitrogens is 3. The van der Waals surface area contributed by atoms with E-state index < -0.39 is 5.82 Å². The third-order valence-corrected chi connectivity index (χ3v) is 6.33. The van der Waals surface area contributed by atoms with E-state index in [9.17, 15) is 9.18 Å². The molecule has 0 aliphatic carbocycles. The van der Waals surface area contributed by atoms with Crippen molar-refractivity contribution >= 4 is 57.9 Å². The second kappa shape index (κ2) is 9.18. The number of carbonyl (C=O) groups excluding carboxylic acids is 1. The fourth-order valence-electron chi connectivity index (χ4n) is 2.65. The van der Waals surface area contributed by atoms with E-state index in [1.165, 1.54) is 30.0 Å². The van der Waals surface area contributed by atoms with Crippen LogP contribution in [-0.2, 0) is 4.79 Å². The number of nitrogens with zero attached hydrogens (tertiary/aromatic N) is 3. The molecule has 0 radical (unpaired) electrons. The van der Waals surface area contributed by atoms with Gasteiger partial charge in [0.15, 0.2) is 11.0 Å². The van der Waals surface area contributed by atoms with E-state index in [1.807, 2.05) is 34.2 Å². The highest BCUT2D eigenvalue weighted by molar-refractivity contribution is 7.99. The first kappa shape index (κ1) is 20.9. The molecule has 152 valence electrons. The lowest BCUT2D eigenvalue weighted by molar-refractivity contribution is -0.113. The molecule has 2 heterocycles. The van der Waals surface area contributed by atoms with Crippen LogP contribution in [0.15, 0.2) is 65.1 Å². The zero-order valence-electron chi connectivity index (χ0n) is 15.2. The van der Waals surface area contributed by atoms with Crippen molar-refractivity contribution in [2.75, 3.05) is 11.1 Å². The highest BCUT2D eigenvalue weighted by atomic mass is 35.5. The van der Waals surface area contributed by atoms with Crippen LogP contribution in [-0.4, -0.2) is 26.4 Å². The standard InChI is InChI=1S/C20H13Cl2FN4OS2/c21-12-3-6-14(7-4-12)27-19(17-2-1-9-29-17)25-26-20(27)30-11-18(28)24-13-5-8-16(23)15(22)10-13/h1-10H,11H2,(H,24,28). The van der Waals surface area contributed by atoms with Crippen LogP contribution in [0.1, 0.15) is 0 Å². The molecule has 0 aliphatic heterocycles. The van der Waals surface area contributed by atoms with Gasteiger partial charge in [0.25, 0.3) is 0 Å². The van der Waals surface area contributed by atoms with Gasteiger partial charge in [-0.25, -0.2) is 4.39 Å². The molecule has 0 saturated heterocycles. The Morgan fingerprint density at radius 1 is 1.13 bits per heavy atom. The minimum atomic E-state index is -0.541. The second-order valence-corrected chi connectivity index (χ2v) is 8.79. The maximum atomic E-state index is 13.3. The van der Waals surface area contributed by atoms with E-state index in [0.29, 0.717) is 21.7 Å². The highest BCUT2D eigenvalue weighted by Crippen LogP contribution is 2.31. The first-order valence-corrected chi connectivity index (χ1v) is 11.3. The fourth-order valence-corrected chi connectivity index (χ4v) is 4.41. The number of amides is 1. The van der Waals surface area contributed by atoms with Gasteiger partial charge in [0.05, 0.1) is 15.7 Å². The molecule has 0 aliphatic rings. The van der Waals surface area contributed by atoms with Crippen molar-refractivity contribution in [3.63, 3.8) is 0 Å². The Morgan fingerprint density at radius 3 is 2.63 bits per heavy atom. The molecule has 0 saturated carbocycles. The van der Waals surface area contributed by atoms with Gasteiger partial charge in [-0.05, 0) is 53.9 Å². The minimum Gasteiger partial charge on any atom is -0.325 e. The molecule has 2 aromatic heterocycles. The number of thiophene rings is 1. The Labute approximate surface area is 189 Å². The largest absolute Gasteiger partial charge is 0.325 e. The summed E-state index contributed by atoms with van der Waals surface area (Å²) in [5.74, 6) is -0.0432. The van der Waals surface area contributed by atoms with Crippen LogP contribution >= 0.6 is 46.3 Å². The van der Waals surface area contributed by atoms with Gasteiger partial charge in [0, 0.05) is 16.4 Å². The van der Waals surface area contributed by atoms with Crippen molar-refractivity contribution in [1.82, 2.24) is 14.8 Å². The average molecular weight is 479 g/mol. The van der Waals surface area contributed by atoms with Crippen LogP contribution in [0.25, 0.3) is 16.4 Å². The van der Waals surface area contributed by atoms with E-state index >= 15 is 0 Å². The molecule has 0 atom stereocenters. The maximum Gasteiger partial charge on any atom is 0.234 e. The normalized spacial score (nSPS) is 10.9. The van der Waals surface area contributed by atoms with Gasteiger partial charge >= 0.3 is 0 Å². The van der Waals surface area contributed by atoms with Crippen molar-refractivity contribution in [3.05, 3.63) is 75.8 Å². The number of rotatable bonds is 6. The Morgan fingerprint density at radius 2 is 1.93 bits per heavy atom. The molecule has 30 heavy (non-hydrogen) atoms. The first-order valence-electron chi connectivity index (χ1n) is 8.64. The molecule has 0 fully saturated rings. The first-order chi connectivity index (χ1) is 14.5. The van der Waals surface area contributed by atoms with Gasteiger partial charge in [0.1, 0.15) is 5.82 Å². The number of nitrogens with one attached hydrogen (secondary N) is 1. The summed E-state index contributed by atoms with van der Waals surface area (Å²) in [6.07, 6.45) is 0. The summed E-state index contributed by atoms with van der Waals surface area (Å²) in [5.41, 5.74) is 1.26.